The molecule has 0 saturated heterocycles. The summed E-state index contributed by atoms with van der Waals surface area (Å²) in [6.45, 7) is 5.28. The number of rotatable bonds is 11. The minimum Gasteiger partial charge on any atom is -0.481 e. The zero-order valence-corrected chi connectivity index (χ0v) is 11.3. The van der Waals surface area contributed by atoms with Crippen molar-refractivity contribution in [2.24, 2.45) is 5.84 Å². The van der Waals surface area contributed by atoms with E-state index in [1.165, 1.54) is 6.42 Å². The number of hydrazine groups is 1. The zero-order chi connectivity index (χ0) is 13.1. The number of carboxylic acids is 1. The van der Waals surface area contributed by atoms with E-state index in [-0.39, 0.29) is 0 Å². The second-order valence-corrected chi connectivity index (χ2v) is 4.65. The Labute approximate surface area is 105 Å². The zero-order valence-electron chi connectivity index (χ0n) is 11.3. The van der Waals surface area contributed by atoms with Crippen molar-refractivity contribution in [2.75, 3.05) is 6.54 Å². The third-order valence-electron chi connectivity index (χ3n) is 3.12. The average molecular weight is 244 g/mol. The van der Waals surface area contributed by atoms with Gasteiger partial charge in [-0.1, -0.05) is 33.1 Å². The van der Waals surface area contributed by atoms with Crippen LogP contribution in [0.25, 0.3) is 0 Å². The van der Waals surface area contributed by atoms with Crippen LogP contribution in [-0.4, -0.2) is 28.7 Å². The third kappa shape index (κ3) is 9.12. The summed E-state index contributed by atoms with van der Waals surface area (Å²) in [5, 5.41) is 10.5. The van der Waals surface area contributed by atoms with Crippen LogP contribution in [0.5, 0.6) is 0 Å². The molecule has 0 radical (unpaired) electrons. The van der Waals surface area contributed by atoms with E-state index in [0.717, 1.165) is 45.1 Å². The maximum Gasteiger partial charge on any atom is 0.303 e. The first-order valence-corrected chi connectivity index (χ1v) is 6.84. The molecule has 0 aromatic rings. The molecule has 0 saturated carbocycles. The normalized spacial score (nSPS) is 12.9. The van der Waals surface area contributed by atoms with Crippen LogP contribution in [-0.2, 0) is 4.79 Å². The summed E-state index contributed by atoms with van der Waals surface area (Å²) in [4.78, 5) is 10.3. The molecule has 102 valence electrons. The van der Waals surface area contributed by atoms with Gasteiger partial charge in [-0.2, -0.15) is 0 Å². The van der Waals surface area contributed by atoms with Crippen molar-refractivity contribution < 1.29 is 9.90 Å². The molecule has 3 N–H and O–H groups in total. The molecule has 4 nitrogen and oxygen atoms in total. The van der Waals surface area contributed by atoms with Crippen molar-refractivity contribution in [3.8, 4) is 0 Å². The number of unbranched alkanes of at least 4 members (excludes halogenated alkanes) is 3. The van der Waals surface area contributed by atoms with Gasteiger partial charge in [0.15, 0.2) is 0 Å². The van der Waals surface area contributed by atoms with Crippen molar-refractivity contribution >= 4 is 5.97 Å². The van der Waals surface area contributed by atoms with Gasteiger partial charge in [0.05, 0.1) is 0 Å². The van der Waals surface area contributed by atoms with Gasteiger partial charge in [0, 0.05) is 19.0 Å². The van der Waals surface area contributed by atoms with Gasteiger partial charge in [-0.05, 0) is 25.7 Å². The lowest BCUT2D eigenvalue weighted by molar-refractivity contribution is -0.137. The summed E-state index contributed by atoms with van der Waals surface area (Å²) in [6, 6.07) is 0.499. The summed E-state index contributed by atoms with van der Waals surface area (Å²) >= 11 is 0. The molecular weight excluding hydrogens is 216 g/mol. The molecule has 0 aliphatic heterocycles. The van der Waals surface area contributed by atoms with Crippen molar-refractivity contribution in [1.82, 2.24) is 5.01 Å². The van der Waals surface area contributed by atoms with Crippen LogP contribution < -0.4 is 5.84 Å². The van der Waals surface area contributed by atoms with E-state index in [9.17, 15) is 4.79 Å². The number of carbonyl (C=O) groups is 1. The Balaban J connectivity index is 3.49. The van der Waals surface area contributed by atoms with E-state index in [2.05, 4.69) is 13.8 Å². The first-order chi connectivity index (χ1) is 8.11. The number of nitrogens with zero attached hydrogens (tertiary/aromatic N) is 1. The van der Waals surface area contributed by atoms with Crippen LogP contribution in [0.4, 0.5) is 0 Å². The number of hydrogen-bond donors (Lipinski definition) is 2. The predicted octanol–water partition coefficient (Wildman–Crippen LogP) is 2.78. The molecular formula is C13H28N2O2. The summed E-state index contributed by atoms with van der Waals surface area (Å²) in [7, 11) is 0. The molecule has 0 aromatic heterocycles. The first-order valence-electron chi connectivity index (χ1n) is 6.84. The number of hydrogen-bond acceptors (Lipinski definition) is 3. The molecule has 0 bridgehead atoms. The highest BCUT2D eigenvalue weighted by molar-refractivity contribution is 5.66. The average Bonchev–Trinajstić information content (AvgIpc) is 2.29. The standard InChI is InChI=1S/C13H28N2O2/c1-3-9-12(4-2)15(14)11-8-6-5-7-10-13(16)17/h12H,3-11,14H2,1-2H3,(H,16,17). The molecule has 0 heterocycles. The van der Waals surface area contributed by atoms with Crippen LogP contribution in [0.3, 0.4) is 0 Å². The molecule has 0 aliphatic rings. The second kappa shape index (κ2) is 10.5. The minimum atomic E-state index is -0.695. The molecule has 1 unspecified atom stereocenters. The molecule has 0 fully saturated rings. The first kappa shape index (κ1) is 16.4. The van der Waals surface area contributed by atoms with Crippen LogP contribution in [0.1, 0.15) is 65.2 Å². The van der Waals surface area contributed by atoms with Gasteiger partial charge in [-0.15, -0.1) is 0 Å². The fourth-order valence-electron chi connectivity index (χ4n) is 2.04. The van der Waals surface area contributed by atoms with E-state index in [0.29, 0.717) is 12.5 Å². The smallest absolute Gasteiger partial charge is 0.303 e. The largest absolute Gasteiger partial charge is 0.481 e. The van der Waals surface area contributed by atoms with Crippen molar-refractivity contribution in [3.63, 3.8) is 0 Å². The van der Waals surface area contributed by atoms with Gasteiger partial charge in [0.2, 0.25) is 0 Å². The monoisotopic (exact) mass is 244 g/mol. The quantitative estimate of drug-likeness (QED) is 0.333. The molecule has 0 aliphatic carbocycles. The van der Waals surface area contributed by atoms with Crippen LogP contribution in [0, 0.1) is 0 Å². The Bertz CT molecular complexity index is 198. The second-order valence-electron chi connectivity index (χ2n) is 4.65. The third-order valence-corrected chi connectivity index (χ3v) is 3.12. The number of carboxylic acid groups (broad SMARTS) is 1. The lowest BCUT2D eigenvalue weighted by Crippen LogP contribution is -2.41. The van der Waals surface area contributed by atoms with E-state index in [1.807, 2.05) is 5.01 Å². The molecule has 0 spiro atoms. The van der Waals surface area contributed by atoms with Crippen LogP contribution in [0.2, 0.25) is 0 Å². The molecule has 0 aromatic carbocycles. The lowest BCUT2D eigenvalue weighted by atomic mass is 10.1. The van der Waals surface area contributed by atoms with Crippen LogP contribution in [0.15, 0.2) is 0 Å². The molecule has 0 amide bonds. The lowest BCUT2D eigenvalue weighted by Gasteiger charge is -2.26. The Hall–Kier alpha value is -0.610. The maximum atomic E-state index is 10.3. The minimum absolute atomic E-state index is 0.291. The fraction of sp³-hybridized carbons (Fsp3) is 0.923. The van der Waals surface area contributed by atoms with E-state index < -0.39 is 5.97 Å². The highest BCUT2D eigenvalue weighted by Crippen LogP contribution is 2.09. The summed E-state index contributed by atoms with van der Waals surface area (Å²) in [5.41, 5.74) is 0. The summed E-state index contributed by atoms with van der Waals surface area (Å²) in [6.07, 6.45) is 7.64. The van der Waals surface area contributed by atoms with Crippen molar-refractivity contribution in [1.29, 1.82) is 0 Å². The Kier molecular flexibility index (Phi) is 10.2. The van der Waals surface area contributed by atoms with Gasteiger partial charge >= 0.3 is 5.97 Å². The van der Waals surface area contributed by atoms with E-state index in [1.54, 1.807) is 0 Å². The molecule has 4 heteroatoms. The predicted molar refractivity (Wildman–Crippen MR) is 70.6 cm³/mol. The fourth-order valence-corrected chi connectivity index (χ4v) is 2.04. The van der Waals surface area contributed by atoms with Gasteiger partial charge in [0.1, 0.15) is 0 Å². The Morgan fingerprint density at radius 1 is 1.24 bits per heavy atom. The van der Waals surface area contributed by atoms with Gasteiger partial charge < -0.3 is 5.11 Å². The highest BCUT2D eigenvalue weighted by Gasteiger charge is 2.11. The van der Waals surface area contributed by atoms with E-state index in [4.69, 9.17) is 10.9 Å². The van der Waals surface area contributed by atoms with Gasteiger partial charge in [-0.3, -0.25) is 10.6 Å². The van der Waals surface area contributed by atoms with Gasteiger partial charge in [-0.25, -0.2) is 5.01 Å². The highest BCUT2D eigenvalue weighted by atomic mass is 16.4. The van der Waals surface area contributed by atoms with Crippen LogP contribution >= 0.6 is 0 Å². The summed E-state index contributed by atoms with van der Waals surface area (Å²) < 4.78 is 0. The number of nitrogens with two attached hydrogens (primary N) is 1. The Morgan fingerprint density at radius 3 is 2.41 bits per heavy atom. The summed E-state index contributed by atoms with van der Waals surface area (Å²) in [5.74, 6) is 5.32. The SMILES string of the molecule is CCCC(CC)N(N)CCCCCCC(=O)O. The van der Waals surface area contributed by atoms with Gasteiger partial charge in [0.25, 0.3) is 0 Å². The Morgan fingerprint density at radius 2 is 1.88 bits per heavy atom. The maximum absolute atomic E-state index is 10.3. The topological polar surface area (TPSA) is 66.6 Å². The van der Waals surface area contributed by atoms with Crippen molar-refractivity contribution in [2.45, 2.75) is 71.3 Å². The molecule has 0 rings (SSSR count). The molecule has 17 heavy (non-hydrogen) atoms. The molecule has 1 atom stereocenters. The number of aliphatic carboxylic acids is 1. The van der Waals surface area contributed by atoms with Crippen molar-refractivity contribution in [3.05, 3.63) is 0 Å². The van der Waals surface area contributed by atoms with E-state index >= 15 is 0 Å².